The second kappa shape index (κ2) is 6.16. The predicted octanol–water partition coefficient (Wildman–Crippen LogP) is 2.33. The molecule has 1 aromatic rings. The smallest absolute Gasteiger partial charge is 0.122 e. The molecule has 2 nitrogen and oxygen atoms in total. The van der Waals surface area contributed by atoms with Gasteiger partial charge in [-0.25, -0.2) is 0 Å². The van der Waals surface area contributed by atoms with Crippen LogP contribution in [0.1, 0.15) is 12.0 Å². The molecule has 3 heteroatoms. The van der Waals surface area contributed by atoms with E-state index in [0.29, 0.717) is 0 Å². The summed E-state index contributed by atoms with van der Waals surface area (Å²) in [6, 6.07) is 8.98. The zero-order valence-electron chi connectivity index (χ0n) is 9.74. The summed E-state index contributed by atoms with van der Waals surface area (Å²) < 4.78 is 5.34. The van der Waals surface area contributed by atoms with Crippen LogP contribution in [0.25, 0.3) is 0 Å². The number of rotatable bonds is 5. The topological polar surface area (TPSA) is 21.3 Å². The number of benzene rings is 1. The minimum absolute atomic E-state index is 0.722. The Morgan fingerprint density at radius 1 is 1.44 bits per heavy atom. The van der Waals surface area contributed by atoms with Gasteiger partial charge in [-0.15, -0.1) is 0 Å². The fourth-order valence-corrected chi connectivity index (χ4v) is 3.20. The SMILES string of the molecule is COc1ccccc1CCN[C@@H]1CCSC1. The van der Waals surface area contributed by atoms with Gasteiger partial charge in [0.1, 0.15) is 5.75 Å². The van der Waals surface area contributed by atoms with Crippen LogP contribution < -0.4 is 10.1 Å². The second-order valence-electron chi connectivity index (χ2n) is 4.08. The highest BCUT2D eigenvalue weighted by Gasteiger charge is 2.14. The Morgan fingerprint density at radius 2 is 2.31 bits per heavy atom. The maximum absolute atomic E-state index is 5.34. The van der Waals surface area contributed by atoms with Crippen LogP contribution >= 0.6 is 11.8 Å². The van der Waals surface area contributed by atoms with Gasteiger partial charge in [-0.05, 0) is 36.8 Å². The molecular weight excluding hydrogens is 218 g/mol. The van der Waals surface area contributed by atoms with Crippen molar-refractivity contribution < 1.29 is 4.74 Å². The van der Waals surface area contributed by atoms with E-state index in [2.05, 4.69) is 17.4 Å². The van der Waals surface area contributed by atoms with Gasteiger partial charge in [0.2, 0.25) is 0 Å². The number of ether oxygens (including phenoxy) is 1. The molecule has 1 fully saturated rings. The number of para-hydroxylation sites is 1. The summed E-state index contributed by atoms with van der Waals surface area (Å²) in [5.41, 5.74) is 1.29. The average Bonchev–Trinajstić information content (AvgIpc) is 2.83. The van der Waals surface area contributed by atoms with E-state index in [9.17, 15) is 0 Å². The third-order valence-electron chi connectivity index (χ3n) is 2.95. The van der Waals surface area contributed by atoms with E-state index in [0.717, 1.165) is 24.8 Å². The fourth-order valence-electron chi connectivity index (χ4n) is 2.02. The number of methoxy groups -OCH3 is 1. The van der Waals surface area contributed by atoms with E-state index < -0.39 is 0 Å². The zero-order valence-corrected chi connectivity index (χ0v) is 10.6. The molecule has 0 radical (unpaired) electrons. The van der Waals surface area contributed by atoms with Gasteiger partial charge >= 0.3 is 0 Å². The molecule has 0 bridgehead atoms. The van der Waals surface area contributed by atoms with Gasteiger partial charge in [0.25, 0.3) is 0 Å². The summed E-state index contributed by atoms with van der Waals surface area (Å²) >= 11 is 2.05. The lowest BCUT2D eigenvalue weighted by Crippen LogP contribution is -2.30. The summed E-state index contributed by atoms with van der Waals surface area (Å²) in [5, 5.41) is 3.60. The van der Waals surface area contributed by atoms with Crippen LogP contribution in [0.3, 0.4) is 0 Å². The lowest BCUT2D eigenvalue weighted by Gasteiger charge is -2.12. The summed E-state index contributed by atoms with van der Waals surface area (Å²) in [7, 11) is 1.74. The third kappa shape index (κ3) is 3.16. The van der Waals surface area contributed by atoms with Crippen LogP contribution in [-0.4, -0.2) is 31.2 Å². The van der Waals surface area contributed by atoms with E-state index in [-0.39, 0.29) is 0 Å². The van der Waals surface area contributed by atoms with Crippen LogP contribution in [0, 0.1) is 0 Å². The van der Waals surface area contributed by atoms with E-state index in [1.165, 1.54) is 23.5 Å². The average molecular weight is 237 g/mol. The summed E-state index contributed by atoms with van der Waals surface area (Å²) in [5.74, 6) is 3.59. The molecule has 1 aromatic carbocycles. The molecule has 1 aliphatic rings. The van der Waals surface area contributed by atoms with Crippen molar-refractivity contribution in [2.75, 3.05) is 25.2 Å². The molecule has 0 aromatic heterocycles. The maximum atomic E-state index is 5.34. The molecule has 0 aliphatic carbocycles. The highest BCUT2D eigenvalue weighted by atomic mass is 32.2. The maximum Gasteiger partial charge on any atom is 0.122 e. The van der Waals surface area contributed by atoms with Crippen LogP contribution in [0.5, 0.6) is 5.75 Å². The van der Waals surface area contributed by atoms with Crippen LogP contribution in [0.2, 0.25) is 0 Å². The molecule has 0 saturated carbocycles. The van der Waals surface area contributed by atoms with Crippen LogP contribution in [-0.2, 0) is 6.42 Å². The van der Waals surface area contributed by atoms with Gasteiger partial charge in [0.15, 0.2) is 0 Å². The van der Waals surface area contributed by atoms with Crippen LogP contribution in [0.15, 0.2) is 24.3 Å². The Labute approximate surface area is 102 Å². The Hall–Kier alpha value is -0.670. The van der Waals surface area contributed by atoms with Crippen molar-refractivity contribution in [3.8, 4) is 5.75 Å². The molecule has 1 heterocycles. The van der Waals surface area contributed by atoms with Crippen molar-refractivity contribution in [1.29, 1.82) is 0 Å². The van der Waals surface area contributed by atoms with Gasteiger partial charge < -0.3 is 10.1 Å². The molecule has 0 spiro atoms. The number of hydrogen-bond acceptors (Lipinski definition) is 3. The van der Waals surface area contributed by atoms with Crippen molar-refractivity contribution in [2.45, 2.75) is 18.9 Å². The third-order valence-corrected chi connectivity index (χ3v) is 4.11. The molecule has 0 amide bonds. The molecule has 2 rings (SSSR count). The summed E-state index contributed by atoms with van der Waals surface area (Å²) in [6.45, 7) is 1.05. The molecule has 88 valence electrons. The molecule has 1 atom stereocenters. The van der Waals surface area contributed by atoms with Crippen molar-refractivity contribution in [3.63, 3.8) is 0 Å². The van der Waals surface area contributed by atoms with Gasteiger partial charge in [0, 0.05) is 11.8 Å². The normalized spacial score (nSPS) is 19.9. The predicted molar refractivity (Wildman–Crippen MR) is 70.4 cm³/mol. The first kappa shape index (κ1) is 11.8. The standard InChI is InChI=1S/C13H19NOS/c1-15-13-5-3-2-4-11(13)6-8-14-12-7-9-16-10-12/h2-5,12,14H,6-10H2,1H3/t12-/m1/s1. The molecule has 0 unspecified atom stereocenters. The summed E-state index contributed by atoms with van der Waals surface area (Å²) in [6.07, 6.45) is 2.36. The van der Waals surface area contributed by atoms with Gasteiger partial charge in [-0.3, -0.25) is 0 Å². The highest BCUT2D eigenvalue weighted by molar-refractivity contribution is 7.99. The Balaban J connectivity index is 1.79. The zero-order chi connectivity index (χ0) is 11.2. The van der Waals surface area contributed by atoms with Crippen LogP contribution in [0.4, 0.5) is 0 Å². The van der Waals surface area contributed by atoms with Crippen molar-refractivity contribution in [2.24, 2.45) is 0 Å². The van der Waals surface area contributed by atoms with Gasteiger partial charge in [-0.2, -0.15) is 11.8 Å². The first-order chi connectivity index (χ1) is 7.90. The Bertz CT molecular complexity index is 323. The first-order valence-electron chi connectivity index (χ1n) is 5.83. The van der Waals surface area contributed by atoms with Gasteiger partial charge in [0.05, 0.1) is 7.11 Å². The van der Waals surface area contributed by atoms with E-state index in [1.807, 2.05) is 23.9 Å². The number of hydrogen-bond donors (Lipinski definition) is 1. The first-order valence-corrected chi connectivity index (χ1v) is 6.98. The number of nitrogens with one attached hydrogen (secondary N) is 1. The van der Waals surface area contributed by atoms with E-state index >= 15 is 0 Å². The van der Waals surface area contributed by atoms with Crippen molar-refractivity contribution in [3.05, 3.63) is 29.8 Å². The summed E-state index contributed by atoms with van der Waals surface area (Å²) in [4.78, 5) is 0. The molecule has 16 heavy (non-hydrogen) atoms. The monoisotopic (exact) mass is 237 g/mol. The lowest BCUT2D eigenvalue weighted by molar-refractivity contribution is 0.408. The lowest BCUT2D eigenvalue weighted by atomic mass is 10.1. The minimum Gasteiger partial charge on any atom is -0.496 e. The molecule has 1 aliphatic heterocycles. The molecule has 1 saturated heterocycles. The quantitative estimate of drug-likeness (QED) is 0.849. The molecular formula is C13H19NOS. The van der Waals surface area contributed by atoms with Crippen molar-refractivity contribution >= 4 is 11.8 Å². The van der Waals surface area contributed by atoms with Gasteiger partial charge in [-0.1, -0.05) is 18.2 Å². The highest BCUT2D eigenvalue weighted by Crippen LogP contribution is 2.19. The van der Waals surface area contributed by atoms with E-state index in [4.69, 9.17) is 4.74 Å². The molecule has 1 N–H and O–H groups in total. The van der Waals surface area contributed by atoms with Crippen molar-refractivity contribution in [1.82, 2.24) is 5.32 Å². The second-order valence-corrected chi connectivity index (χ2v) is 5.23. The largest absolute Gasteiger partial charge is 0.496 e. The minimum atomic E-state index is 0.722. The number of thioether (sulfide) groups is 1. The fraction of sp³-hybridized carbons (Fsp3) is 0.538. The van der Waals surface area contributed by atoms with E-state index in [1.54, 1.807) is 7.11 Å². The Kier molecular flexibility index (Phi) is 4.55. The Morgan fingerprint density at radius 3 is 3.06 bits per heavy atom.